The Kier molecular flexibility index (Phi) is 2.35. The lowest BCUT2D eigenvalue weighted by Gasteiger charge is -2.38. The van der Waals surface area contributed by atoms with Gasteiger partial charge in [0.25, 0.3) is 0 Å². The van der Waals surface area contributed by atoms with Crippen LogP contribution < -0.4 is 4.72 Å². The molecule has 0 spiro atoms. The van der Waals surface area contributed by atoms with Crippen molar-refractivity contribution in [3.05, 3.63) is 0 Å². The Bertz CT molecular complexity index is 220. The molecular weight excluding hydrogens is 192 g/mol. The van der Waals surface area contributed by atoms with Crippen molar-refractivity contribution in [2.75, 3.05) is 26.4 Å². The minimum Gasteiger partial charge on any atom is -0.447 e. The first-order valence-electron chi connectivity index (χ1n) is 4.16. The molecule has 0 unspecified atom stereocenters. The molecule has 0 aliphatic carbocycles. The summed E-state index contributed by atoms with van der Waals surface area (Å²) in [6.07, 6.45) is -0.263. The molecular formula is C7H12N2O3S. The summed E-state index contributed by atoms with van der Waals surface area (Å²) in [6.45, 7) is 4.59. The summed E-state index contributed by atoms with van der Waals surface area (Å²) in [6, 6.07) is 0. The lowest BCUT2D eigenvalue weighted by atomic mass is 10.0. The fraction of sp³-hybridized carbons (Fsp3) is 0.857. The van der Waals surface area contributed by atoms with Crippen molar-refractivity contribution in [2.45, 2.75) is 12.5 Å². The molecule has 5 nitrogen and oxygen atoms in total. The first-order chi connectivity index (χ1) is 6.20. The molecule has 74 valence electrons. The van der Waals surface area contributed by atoms with Crippen LogP contribution in [0.25, 0.3) is 0 Å². The van der Waals surface area contributed by atoms with Crippen molar-refractivity contribution >= 4 is 18.2 Å². The fourth-order valence-corrected chi connectivity index (χ4v) is 1.84. The largest absolute Gasteiger partial charge is 0.447 e. The topological polar surface area (TPSA) is 50.8 Å². The summed E-state index contributed by atoms with van der Waals surface area (Å²) < 4.78 is 14.6. The van der Waals surface area contributed by atoms with Gasteiger partial charge in [-0.1, -0.05) is 0 Å². The minimum absolute atomic E-state index is 0.00748. The highest BCUT2D eigenvalue weighted by Crippen LogP contribution is 2.22. The van der Waals surface area contributed by atoms with Gasteiger partial charge in [-0.25, -0.2) is 13.8 Å². The number of nitrogens with one attached hydrogen (secondary N) is 1. The number of carbonyl (C=O) groups is 1. The van der Waals surface area contributed by atoms with Gasteiger partial charge in [0.15, 0.2) is 0 Å². The maximum Gasteiger partial charge on any atom is 0.421 e. The Labute approximate surface area is 81.0 Å². The van der Waals surface area contributed by atoms with E-state index < -0.39 is 0 Å². The van der Waals surface area contributed by atoms with E-state index >= 15 is 0 Å². The molecule has 0 aromatic heterocycles. The normalized spacial score (nSPS) is 25.6. The van der Waals surface area contributed by atoms with Crippen LogP contribution in [0.3, 0.4) is 0 Å². The van der Waals surface area contributed by atoms with E-state index in [4.69, 9.17) is 9.47 Å². The van der Waals surface area contributed by atoms with E-state index in [1.807, 2.05) is 0 Å². The Morgan fingerprint density at radius 2 is 2.38 bits per heavy atom. The second-order valence-electron chi connectivity index (χ2n) is 3.46. The molecule has 2 fully saturated rings. The van der Waals surface area contributed by atoms with Crippen LogP contribution in [0.2, 0.25) is 0 Å². The molecule has 2 saturated heterocycles. The summed E-state index contributed by atoms with van der Waals surface area (Å²) in [5.41, 5.74) is 0.00748. The molecule has 2 rings (SSSR count). The zero-order valence-corrected chi connectivity index (χ0v) is 8.23. The first-order valence-corrected chi connectivity index (χ1v) is 4.93. The molecule has 6 heteroatoms. The fourth-order valence-electron chi connectivity index (χ4n) is 1.09. The predicted molar refractivity (Wildman–Crippen MR) is 48.0 cm³/mol. The van der Waals surface area contributed by atoms with E-state index in [0.717, 1.165) is 0 Å². The second kappa shape index (κ2) is 3.36. The predicted octanol–water partition coefficient (Wildman–Crippen LogP) is 0.380. The summed E-state index contributed by atoms with van der Waals surface area (Å²) in [4.78, 5) is 11.0. The molecule has 0 atom stereocenters. The average Bonchev–Trinajstić information content (AvgIpc) is 2.44. The second-order valence-corrected chi connectivity index (χ2v) is 4.29. The summed E-state index contributed by atoms with van der Waals surface area (Å²) in [7, 11) is 0. The third-order valence-corrected chi connectivity index (χ3v) is 3.10. The van der Waals surface area contributed by atoms with E-state index in [-0.39, 0.29) is 11.6 Å². The number of cyclic esters (lactones) is 1. The van der Waals surface area contributed by atoms with Crippen LogP contribution in [-0.2, 0) is 9.47 Å². The van der Waals surface area contributed by atoms with E-state index in [2.05, 4.69) is 11.6 Å². The van der Waals surface area contributed by atoms with Crippen LogP contribution in [0.1, 0.15) is 6.92 Å². The molecule has 2 aliphatic heterocycles. The van der Waals surface area contributed by atoms with Gasteiger partial charge in [0.1, 0.15) is 6.61 Å². The Balaban J connectivity index is 1.75. The van der Waals surface area contributed by atoms with Crippen molar-refractivity contribution in [2.24, 2.45) is 0 Å². The van der Waals surface area contributed by atoms with Gasteiger partial charge in [-0.3, -0.25) is 0 Å². The number of nitrogens with zero attached hydrogens (tertiary/aromatic N) is 1. The number of carbonyl (C=O) groups excluding carboxylic acids is 1. The maximum absolute atomic E-state index is 11.0. The summed E-state index contributed by atoms with van der Waals surface area (Å²) in [5.74, 6) is 0. The lowest BCUT2D eigenvalue weighted by molar-refractivity contribution is -0.0513. The molecule has 0 aromatic rings. The van der Waals surface area contributed by atoms with Gasteiger partial charge >= 0.3 is 6.09 Å². The van der Waals surface area contributed by atoms with Gasteiger partial charge in [-0.05, 0) is 6.92 Å². The third-order valence-electron chi connectivity index (χ3n) is 1.97. The molecule has 1 amide bonds. The zero-order valence-electron chi connectivity index (χ0n) is 7.41. The number of hydrogen-bond donors (Lipinski definition) is 1. The molecule has 0 radical (unpaired) electrons. The summed E-state index contributed by atoms with van der Waals surface area (Å²) in [5, 5.41) is 0. The molecule has 0 bridgehead atoms. The minimum atomic E-state index is -0.263. The number of ether oxygens (including phenoxy) is 2. The number of hydrogen-bond acceptors (Lipinski definition) is 5. The van der Waals surface area contributed by atoms with Crippen molar-refractivity contribution in [1.82, 2.24) is 9.03 Å². The standard InChI is InChI=1S/C7H12N2O3S/c1-7(4-11-5-7)8-13-9-2-3-12-6(9)10/h8H,2-5H2,1H3. The first kappa shape index (κ1) is 9.11. The van der Waals surface area contributed by atoms with Gasteiger partial charge in [0, 0.05) is 12.1 Å². The van der Waals surface area contributed by atoms with Gasteiger partial charge < -0.3 is 9.47 Å². The smallest absolute Gasteiger partial charge is 0.421 e. The van der Waals surface area contributed by atoms with Crippen molar-refractivity contribution in [3.63, 3.8) is 0 Å². The van der Waals surface area contributed by atoms with E-state index in [1.54, 1.807) is 4.31 Å². The molecule has 0 aromatic carbocycles. The van der Waals surface area contributed by atoms with Gasteiger partial charge in [-0.15, -0.1) is 0 Å². The molecule has 13 heavy (non-hydrogen) atoms. The highest BCUT2D eigenvalue weighted by molar-refractivity contribution is 7.95. The Morgan fingerprint density at radius 1 is 1.62 bits per heavy atom. The van der Waals surface area contributed by atoms with Crippen molar-refractivity contribution < 1.29 is 14.3 Å². The van der Waals surface area contributed by atoms with Gasteiger partial charge in [0.05, 0.1) is 25.3 Å². The van der Waals surface area contributed by atoms with Gasteiger partial charge in [-0.2, -0.15) is 0 Å². The number of rotatable bonds is 3. The highest BCUT2D eigenvalue weighted by Gasteiger charge is 2.35. The van der Waals surface area contributed by atoms with Crippen LogP contribution in [0.15, 0.2) is 0 Å². The lowest BCUT2D eigenvalue weighted by Crippen LogP contribution is -2.56. The zero-order chi connectivity index (χ0) is 9.31. The van der Waals surface area contributed by atoms with Crippen LogP contribution >= 0.6 is 12.1 Å². The quantitative estimate of drug-likeness (QED) is 0.673. The SMILES string of the molecule is CC1(NSN2CCOC2=O)COC1. The van der Waals surface area contributed by atoms with E-state index in [9.17, 15) is 4.79 Å². The van der Waals surface area contributed by atoms with Crippen molar-refractivity contribution in [3.8, 4) is 0 Å². The van der Waals surface area contributed by atoms with E-state index in [1.165, 1.54) is 12.1 Å². The highest BCUT2D eigenvalue weighted by atomic mass is 32.2. The third kappa shape index (κ3) is 1.90. The van der Waals surface area contributed by atoms with Crippen molar-refractivity contribution in [1.29, 1.82) is 0 Å². The molecule has 2 heterocycles. The monoisotopic (exact) mass is 204 g/mol. The molecule has 0 saturated carbocycles. The average molecular weight is 204 g/mol. The van der Waals surface area contributed by atoms with E-state index in [0.29, 0.717) is 26.4 Å². The van der Waals surface area contributed by atoms with Crippen LogP contribution in [0, 0.1) is 0 Å². The number of amides is 1. The van der Waals surface area contributed by atoms with Crippen LogP contribution in [0.5, 0.6) is 0 Å². The van der Waals surface area contributed by atoms with Crippen LogP contribution in [-0.4, -0.2) is 42.3 Å². The molecule has 2 aliphatic rings. The summed E-state index contributed by atoms with van der Waals surface area (Å²) >= 11 is 1.30. The molecule has 1 N–H and O–H groups in total. The Morgan fingerprint density at radius 3 is 2.85 bits per heavy atom. The van der Waals surface area contributed by atoms with Crippen LogP contribution in [0.4, 0.5) is 4.79 Å². The van der Waals surface area contributed by atoms with Gasteiger partial charge in [0.2, 0.25) is 0 Å². The Hall–Kier alpha value is -0.460. The maximum atomic E-state index is 11.0.